The van der Waals surface area contributed by atoms with Crippen LogP contribution in [0.4, 0.5) is 10.2 Å². The van der Waals surface area contributed by atoms with Gasteiger partial charge >= 0.3 is 0 Å². The van der Waals surface area contributed by atoms with Gasteiger partial charge in [-0.1, -0.05) is 32.9 Å². The Morgan fingerprint density at radius 1 is 1.19 bits per heavy atom. The fourth-order valence-corrected chi connectivity index (χ4v) is 5.46. The Kier molecular flexibility index (Phi) is 7.05. The van der Waals surface area contributed by atoms with E-state index in [1.807, 2.05) is 31.5 Å². The number of thioether (sulfide) groups is 1. The first-order chi connectivity index (χ1) is 16.9. The Morgan fingerprint density at radius 2 is 1.94 bits per heavy atom. The summed E-state index contributed by atoms with van der Waals surface area (Å²) in [5.41, 5.74) is 1.60. The van der Waals surface area contributed by atoms with E-state index in [9.17, 15) is 14.0 Å². The van der Waals surface area contributed by atoms with E-state index < -0.39 is 5.54 Å². The predicted octanol–water partition coefficient (Wildman–Crippen LogP) is 5.15. The van der Waals surface area contributed by atoms with Crippen LogP contribution in [0.15, 0.2) is 47.1 Å². The SMILES string of the molecule is CC(C)(C)c1nn(C(C)(C)C)c2c1C(c1cccc(F)c1)SCC(=O)N2CC(=O)NCc1ccco1. The second-order valence-corrected chi connectivity index (χ2v) is 12.1. The molecule has 0 fully saturated rings. The van der Waals surface area contributed by atoms with Gasteiger partial charge in [-0.15, -0.1) is 11.8 Å². The van der Waals surface area contributed by atoms with Crippen LogP contribution in [0.25, 0.3) is 0 Å². The molecule has 1 aromatic carbocycles. The van der Waals surface area contributed by atoms with Gasteiger partial charge in [-0.05, 0) is 50.6 Å². The monoisotopic (exact) mass is 512 g/mol. The van der Waals surface area contributed by atoms with Gasteiger partial charge in [-0.2, -0.15) is 5.10 Å². The van der Waals surface area contributed by atoms with Gasteiger partial charge in [0.1, 0.15) is 23.9 Å². The average molecular weight is 513 g/mol. The number of carbonyl (C=O) groups is 2. The average Bonchev–Trinajstić information content (AvgIpc) is 3.41. The highest BCUT2D eigenvalue weighted by molar-refractivity contribution is 8.00. The van der Waals surface area contributed by atoms with Crippen LogP contribution in [-0.2, 0) is 27.1 Å². The fraction of sp³-hybridized carbons (Fsp3) is 0.444. The highest BCUT2D eigenvalue weighted by atomic mass is 32.2. The Morgan fingerprint density at radius 3 is 2.56 bits per heavy atom. The lowest BCUT2D eigenvalue weighted by atomic mass is 9.87. The first-order valence-electron chi connectivity index (χ1n) is 12.0. The van der Waals surface area contributed by atoms with Gasteiger partial charge in [-0.3, -0.25) is 14.5 Å². The number of nitrogens with zero attached hydrogens (tertiary/aromatic N) is 3. The highest BCUT2D eigenvalue weighted by Gasteiger charge is 2.41. The van der Waals surface area contributed by atoms with Gasteiger partial charge in [0.15, 0.2) is 0 Å². The van der Waals surface area contributed by atoms with E-state index in [0.717, 1.165) is 16.8 Å². The number of anilines is 1. The molecule has 1 aliphatic rings. The van der Waals surface area contributed by atoms with Crippen molar-refractivity contribution < 1.29 is 18.4 Å². The summed E-state index contributed by atoms with van der Waals surface area (Å²) in [6.45, 7) is 12.3. The number of fused-ring (bicyclic) bond motifs is 1. The molecule has 4 rings (SSSR count). The number of nitrogens with one attached hydrogen (secondary N) is 1. The molecule has 1 N–H and O–H groups in total. The van der Waals surface area contributed by atoms with Gasteiger partial charge in [0.25, 0.3) is 0 Å². The molecule has 2 amide bonds. The van der Waals surface area contributed by atoms with Crippen LogP contribution in [0.3, 0.4) is 0 Å². The molecule has 0 saturated heterocycles. The minimum Gasteiger partial charge on any atom is -0.467 e. The molecule has 1 aliphatic heterocycles. The Hall–Kier alpha value is -3.07. The van der Waals surface area contributed by atoms with Crippen molar-refractivity contribution in [3.05, 3.63) is 71.1 Å². The van der Waals surface area contributed by atoms with Crippen LogP contribution in [0, 0.1) is 5.82 Å². The molecule has 192 valence electrons. The van der Waals surface area contributed by atoms with Gasteiger partial charge in [0, 0.05) is 11.0 Å². The van der Waals surface area contributed by atoms with Crippen molar-refractivity contribution in [3.63, 3.8) is 0 Å². The maximum absolute atomic E-state index is 14.3. The minimum atomic E-state index is -0.474. The van der Waals surface area contributed by atoms with E-state index in [4.69, 9.17) is 9.52 Å². The zero-order valence-corrected chi connectivity index (χ0v) is 22.4. The van der Waals surface area contributed by atoms with Crippen molar-refractivity contribution in [2.24, 2.45) is 0 Å². The van der Waals surface area contributed by atoms with Crippen LogP contribution < -0.4 is 10.2 Å². The van der Waals surface area contributed by atoms with Crippen LogP contribution >= 0.6 is 11.8 Å². The molecular formula is C27H33FN4O3S. The number of carbonyl (C=O) groups excluding carboxylic acids is 2. The minimum absolute atomic E-state index is 0.148. The van der Waals surface area contributed by atoms with Gasteiger partial charge in [0.2, 0.25) is 11.8 Å². The third-order valence-corrected chi connectivity index (χ3v) is 7.18. The van der Waals surface area contributed by atoms with E-state index in [-0.39, 0.29) is 47.1 Å². The van der Waals surface area contributed by atoms with Crippen molar-refractivity contribution in [3.8, 4) is 0 Å². The van der Waals surface area contributed by atoms with Gasteiger partial charge < -0.3 is 9.73 Å². The molecule has 3 aromatic rings. The van der Waals surface area contributed by atoms with E-state index in [1.165, 1.54) is 28.8 Å². The highest BCUT2D eigenvalue weighted by Crippen LogP contribution is 2.48. The molecule has 9 heteroatoms. The molecule has 3 heterocycles. The molecule has 2 aromatic heterocycles. The van der Waals surface area contributed by atoms with Gasteiger partial charge in [-0.25, -0.2) is 9.07 Å². The van der Waals surface area contributed by atoms with Crippen molar-refractivity contribution in [1.82, 2.24) is 15.1 Å². The lowest BCUT2D eigenvalue weighted by Gasteiger charge is -2.28. The Balaban J connectivity index is 1.85. The van der Waals surface area contributed by atoms with Gasteiger partial charge in [0.05, 0.1) is 35.0 Å². The van der Waals surface area contributed by atoms with Crippen LogP contribution in [0.2, 0.25) is 0 Å². The lowest BCUT2D eigenvalue weighted by Crippen LogP contribution is -2.43. The number of rotatable bonds is 5. The maximum atomic E-state index is 14.3. The number of benzene rings is 1. The standard InChI is InChI=1S/C27H33FN4O3S/c1-26(2,3)24-22-23(17-9-7-10-18(28)13-17)36-16-21(34)31(25(22)32(30-24)27(4,5)6)15-20(33)29-14-19-11-8-12-35-19/h7-13,23H,14-16H2,1-6H3,(H,29,33). The fourth-order valence-electron chi connectivity index (χ4n) is 4.27. The van der Waals surface area contributed by atoms with Crippen molar-refractivity contribution in [2.75, 3.05) is 17.2 Å². The zero-order chi connectivity index (χ0) is 26.3. The summed E-state index contributed by atoms with van der Waals surface area (Å²) >= 11 is 1.44. The number of aromatic nitrogens is 2. The van der Waals surface area contributed by atoms with Crippen molar-refractivity contribution >= 4 is 29.4 Å². The summed E-state index contributed by atoms with van der Waals surface area (Å²) in [5.74, 6) is 0.528. The molecule has 0 spiro atoms. The van der Waals surface area contributed by atoms with Crippen molar-refractivity contribution in [2.45, 2.75) is 64.3 Å². The largest absolute Gasteiger partial charge is 0.467 e. The van der Waals surface area contributed by atoms with E-state index in [0.29, 0.717) is 11.6 Å². The second-order valence-electron chi connectivity index (χ2n) is 11.0. The third kappa shape index (κ3) is 5.36. The maximum Gasteiger partial charge on any atom is 0.240 e. The number of hydrogen-bond acceptors (Lipinski definition) is 5. The molecular weight excluding hydrogens is 479 g/mol. The number of amides is 2. The van der Waals surface area contributed by atoms with Crippen LogP contribution in [0.1, 0.15) is 69.4 Å². The van der Waals surface area contributed by atoms with Crippen LogP contribution in [0.5, 0.6) is 0 Å². The second kappa shape index (κ2) is 9.76. The summed E-state index contributed by atoms with van der Waals surface area (Å²) in [7, 11) is 0. The predicted molar refractivity (Wildman–Crippen MR) is 140 cm³/mol. The van der Waals surface area contributed by atoms with E-state index in [2.05, 4.69) is 26.1 Å². The molecule has 1 atom stereocenters. The Bertz CT molecular complexity index is 1260. The molecule has 0 bridgehead atoms. The molecule has 7 nitrogen and oxygen atoms in total. The zero-order valence-electron chi connectivity index (χ0n) is 21.6. The quantitative estimate of drug-likeness (QED) is 0.511. The summed E-state index contributed by atoms with van der Waals surface area (Å²) in [6.07, 6.45) is 1.55. The lowest BCUT2D eigenvalue weighted by molar-refractivity contribution is -0.123. The number of hydrogen-bond donors (Lipinski definition) is 1. The third-order valence-electron chi connectivity index (χ3n) is 5.93. The first-order valence-corrected chi connectivity index (χ1v) is 13.0. The van der Waals surface area contributed by atoms with Crippen molar-refractivity contribution in [1.29, 1.82) is 0 Å². The van der Waals surface area contributed by atoms with E-state index >= 15 is 0 Å². The summed E-state index contributed by atoms with van der Waals surface area (Å²) in [6, 6.07) is 10.0. The Labute approximate surface area is 215 Å². The topological polar surface area (TPSA) is 80.4 Å². The van der Waals surface area contributed by atoms with E-state index in [1.54, 1.807) is 24.5 Å². The molecule has 0 saturated carbocycles. The number of furan rings is 1. The normalized spacial score (nSPS) is 16.6. The molecule has 36 heavy (non-hydrogen) atoms. The summed E-state index contributed by atoms with van der Waals surface area (Å²) in [4.78, 5) is 28.1. The van der Waals surface area contributed by atoms with Crippen LogP contribution in [-0.4, -0.2) is 33.9 Å². The summed E-state index contributed by atoms with van der Waals surface area (Å²) in [5, 5.41) is 7.54. The molecule has 1 unspecified atom stereocenters. The smallest absolute Gasteiger partial charge is 0.240 e. The number of halogens is 1. The summed E-state index contributed by atoms with van der Waals surface area (Å²) < 4.78 is 21.4. The molecule has 0 radical (unpaired) electrons. The molecule has 0 aliphatic carbocycles. The first kappa shape index (κ1) is 26.0.